The first-order chi connectivity index (χ1) is 25.0. The average Bonchev–Trinajstić information content (AvgIpc) is 3.79. The zero-order valence-electron chi connectivity index (χ0n) is 32.0. The Labute approximate surface area is 312 Å². The van der Waals surface area contributed by atoms with Crippen molar-refractivity contribution >= 4 is 15.4 Å². The minimum absolute atomic E-state index is 0.412. The number of hydrogen-bond acceptors (Lipinski definition) is 0. The molecule has 8 rings (SSSR count). The van der Waals surface area contributed by atoms with Gasteiger partial charge >= 0.3 is 314 Å². The molecule has 0 saturated heterocycles. The van der Waals surface area contributed by atoms with Crippen molar-refractivity contribution in [3.63, 3.8) is 0 Å². The summed E-state index contributed by atoms with van der Waals surface area (Å²) in [6, 6.07) is 45.6. The van der Waals surface area contributed by atoms with Crippen LogP contribution in [0, 0.1) is 27.7 Å². The van der Waals surface area contributed by atoms with Crippen molar-refractivity contribution in [1.29, 1.82) is 0 Å². The van der Waals surface area contributed by atoms with Gasteiger partial charge in [-0.3, -0.25) is 0 Å². The molecule has 2 atom stereocenters. The Morgan fingerprint density at radius 3 is 1.10 bits per heavy atom. The van der Waals surface area contributed by atoms with E-state index in [1.54, 1.807) is 3.26 Å². The van der Waals surface area contributed by atoms with Crippen molar-refractivity contribution in [2.24, 2.45) is 0 Å². The summed E-state index contributed by atoms with van der Waals surface area (Å²) >= 11 is -4.07. The van der Waals surface area contributed by atoms with E-state index >= 15 is 0 Å². The van der Waals surface area contributed by atoms with Gasteiger partial charge in [0, 0.05) is 0 Å². The van der Waals surface area contributed by atoms with E-state index in [-0.39, 0.29) is 0 Å². The van der Waals surface area contributed by atoms with E-state index in [0.29, 0.717) is 7.35 Å². The van der Waals surface area contributed by atoms with Gasteiger partial charge in [-0.1, -0.05) is 0 Å². The average molecular weight is 841 g/mol. The quantitative estimate of drug-likeness (QED) is 0.147. The first-order valence-electron chi connectivity index (χ1n) is 18.9. The summed E-state index contributed by atoms with van der Waals surface area (Å²) in [4.78, 5) is 0. The number of benzene rings is 6. The van der Waals surface area contributed by atoms with Gasteiger partial charge in [-0.2, -0.15) is 0 Å². The van der Waals surface area contributed by atoms with Crippen molar-refractivity contribution in [3.05, 3.63) is 178 Å². The Bertz CT molecular complexity index is 2330. The van der Waals surface area contributed by atoms with Gasteiger partial charge in [0.15, 0.2) is 0 Å². The summed E-state index contributed by atoms with van der Waals surface area (Å²) in [5.41, 5.74) is 21.8. The molecule has 0 N–H and O–H groups in total. The third kappa shape index (κ3) is 5.22. The van der Waals surface area contributed by atoms with Crippen LogP contribution >= 0.6 is 0 Å². The van der Waals surface area contributed by atoms with Crippen LogP contribution in [0.4, 0.5) is 0 Å². The Hall–Kier alpha value is -4.46. The molecule has 6 aromatic carbocycles. The SMILES string of the molecule is C[C](C)=[Hf]([CH3])([CH3])([CH]1C=Cc2c(-c3ccccc3-c3c(C)cccc3C)cccc21)[CH]1C=Cc2c(-c3ccccc3-c3c(C)cccc3C)cccc21. The molecule has 6 aromatic rings. The number of allylic oxidation sites excluding steroid dienone is 2. The van der Waals surface area contributed by atoms with E-state index < -0.39 is 18.0 Å². The number of fused-ring (bicyclic) bond motifs is 2. The van der Waals surface area contributed by atoms with Gasteiger partial charge in [0.25, 0.3) is 0 Å². The van der Waals surface area contributed by atoms with E-state index in [4.69, 9.17) is 0 Å². The molecule has 0 amide bonds. The molecule has 52 heavy (non-hydrogen) atoms. The molecule has 2 unspecified atom stereocenters. The summed E-state index contributed by atoms with van der Waals surface area (Å²) in [6.45, 7) is 13.9. The van der Waals surface area contributed by atoms with Crippen LogP contribution < -0.4 is 0 Å². The fourth-order valence-electron chi connectivity index (χ4n) is 9.86. The van der Waals surface area contributed by atoms with Crippen LogP contribution in [0.5, 0.6) is 0 Å². The van der Waals surface area contributed by atoms with Crippen LogP contribution in [0.3, 0.4) is 0 Å². The molecule has 0 nitrogen and oxygen atoms in total. The number of rotatable bonds is 6. The van der Waals surface area contributed by atoms with E-state index in [2.05, 4.69) is 197 Å². The Balaban J connectivity index is 1.26. The molecule has 0 heterocycles. The molecule has 2 aliphatic carbocycles. The molecule has 0 bridgehead atoms. The molecule has 0 fully saturated rings. The molecule has 1 heteroatoms. The van der Waals surface area contributed by atoms with E-state index in [9.17, 15) is 0 Å². The van der Waals surface area contributed by atoms with Gasteiger partial charge in [-0.25, -0.2) is 0 Å². The third-order valence-electron chi connectivity index (χ3n) is 13.3. The summed E-state index contributed by atoms with van der Waals surface area (Å²) in [6.07, 6.45) is 10.1. The zero-order valence-corrected chi connectivity index (χ0v) is 35.6. The van der Waals surface area contributed by atoms with Gasteiger partial charge in [-0.05, 0) is 0 Å². The first-order valence-corrected chi connectivity index (χ1v) is 32.1. The molecular formula is C51H50Hf. The van der Waals surface area contributed by atoms with Gasteiger partial charge in [0.05, 0.1) is 0 Å². The van der Waals surface area contributed by atoms with Gasteiger partial charge in [-0.15, -0.1) is 0 Å². The first kappa shape index (κ1) is 34.6. The van der Waals surface area contributed by atoms with Crippen LogP contribution in [0.2, 0.25) is 9.36 Å². The summed E-state index contributed by atoms with van der Waals surface area (Å²) in [7, 11) is 0. The fraction of sp³-hybridized carbons (Fsp3) is 0.196. The Morgan fingerprint density at radius 1 is 0.404 bits per heavy atom. The van der Waals surface area contributed by atoms with Gasteiger partial charge in [0.1, 0.15) is 0 Å². The standard InChI is InChI=1S/2C23H19.C3H6.2CH3.Hf/c2*1-16-8-5-9-17(2)23(16)22-13-4-3-12-21(22)20-15-7-11-18-10-6-14-19(18)20;1-3-2;;;/h2*3-15H,1-2H3;1-2H3;2*1H3;. The van der Waals surface area contributed by atoms with Gasteiger partial charge in [0.2, 0.25) is 0 Å². The fourth-order valence-corrected chi connectivity index (χ4v) is 29.3. The topological polar surface area (TPSA) is 0 Å². The molecule has 0 radical (unpaired) electrons. The molecule has 0 spiro atoms. The zero-order chi connectivity index (χ0) is 36.4. The summed E-state index contributed by atoms with van der Waals surface area (Å²) in [5, 5.41) is 0. The molecule has 0 aliphatic heterocycles. The number of aryl methyl sites for hydroxylation is 4. The van der Waals surface area contributed by atoms with Crippen LogP contribution in [0.25, 0.3) is 56.7 Å². The second kappa shape index (κ2) is 12.9. The number of hydrogen-bond donors (Lipinski definition) is 0. The predicted molar refractivity (Wildman–Crippen MR) is 225 cm³/mol. The molecule has 258 valence electrons. The summed E-state index contributed by atoms with van der Waals surface area (Å²) < 4.78 is 7.97. The van der Waals surface area contributed by atoms with Crippen LogP contribution in [-0.4, -0.2) is 3.26 Å². The Kier molecular flexibility index (Phi) is 8.58. The van der Waals surface area contributed by atoms with Crippen molar-refractivity contribution in [1.82, 2.24) is 0 Å². The molecule has 0 saturated carbocycles. The Morgan fingerprint density at radius 2 is 0.731 bits per heavy atom. The minimum atomic E-state index is -4.07. The van der Waals surface area contributed by atoms with Gasteiger partial charge < -0.3 is 0 Å². The summed E-state index contributed by atoms with van der Waals surface area (Å²) in [5.74, 6) is 0. The van der Waals surface area contributed by atoms with Crippen LogP contribution in [0.15, 0.2) is 133 Å². The predicted octanol–water partition coefficient (Wildman–Crippen LogP) is 14.4. The molecule has 0 aromatic heterocycles. The van der Waals surface area contributed by atoms with Crippen LogP contribution in [-0.2, 0) is 18.0 Å². The van der Waals surface area contributed by atoms with Crippen molar-refractivity contribution in [2.45, 2.75) is 58.3 Å². The van der Waals surface area contributed by atoms with Crippen LogP contribution in [0.1, 0.15) is 65.7 Å². The monoisotopic (exact) mass is 842 g/mol. The second-order valence-corrected chi connectivity index (χ2v) is 43.3. The van der Waals surface area contributed by atoms with E-state index in [0.717, 1.165) is 0 Å². The maximum atomic E-state index is 2.75. The van der Waals surface area contributed by atoms with Crippen molar-refractivity contribution < 1.29 is 18.0 Å². The molecule has 2 aliphatic rings. The third-order valence-corrected chi connectivity index (χ3v) is 42.0. The maximum absolute atomic E-state index is 4.07. The van der Waals surface area contributed by atoms with Crippen molar-refractivity contribution in [3.8, 4) is 44.5 Å². The normalized spacial score (nSPS) is 16.2. The van der Waals surface area contributed by atoms with E-state index in [1.807, 2.05) is 0 Å². The van der Waals surface area contributed by atoms with E-state index in [1.165, 1.54) is 89.0 Å². The van der Waals surface area contributed by atoms with Crippen molar-refractivity contribution in [2.75, 3.05) is 0 Å². The molecular weight excluding hydrogens is 791 g/mol. The second-order valence-electron chi connectivity index (χ2n) is 16.5.